The summed E-state index contributed by atoms with van der Waals surface area (Å²) in [6.45, 7) is 3.91. The van der Waals surface area contributed by atoms with Crippen molar-refractivity contribution in [3.05, 3.63) is 0 Å². The summed E-state index contributed by atoms with van der Waals surface area (Å²) in [5.74, 6) is 0.157. The molecule has 2 fully saturated rings. The van der Waals surface area contributed by atoms with Crippen LogP contribution >= 0.6 is 12.4 Å². The third kappa shape index (κ3) is 5.05. The Balaban J connectivity index is 0.00000264. The first-order chi connectivity index (χ1) is 10.5. The number of carbonyl (C=O) groups excluding carboxylic acids is 1. The van der Waals surface area contributed by atoms with Crippen LogP contribution < -0.4 is 5.32 Å². The smallest absolute Gasteiger partial charge is 0.241 e. The van der Waals surface area contributed by atoms with Gasteiger partial charge in [-0.25, -0.2) is 8.42 Å². The minimum absolute atomic E-state index is 0. The molecule has 2 saturated heterocycles. The zero-order valence-corrected chi connectivity index (χ0v) is 15.8. The maximum absolute atomic E-state index is 12.8. The number of nitrogens with zero attached hydrogens (tertiary/aromatic N) is 2. The van der Waals surface area contributed by atoms with Gasteiger partial charge in [-0.15, -0.1) is 12.4 Å². The van der Waals surface area contributed by atoms with Gasteiger partial charge < -0.3 is 10.2 Å². The SMILES string of the molecule is CCCCS(=O)(=O)N1CCCC1C(=O)N1CCCC(NC)C1.Cl. The van der Waals surface area contributed by atoms with Gasteiger partial charge in [0.2, 0.25) is 15.9 Å². The Labute approximate surface area is 146 Å². The maximum atomic E-state index is 12.8. The Morgan fingerprint density at radius 3 is 2.57 bits per heavy atom. The monoisotopic (exact) mass is 367 g/mol. The lowest BCUT2D eigenvalue weighted by Crippen LogP contribution is -2.53. The van der Waals surface area contributed by atoms with Crippen molar-refractivity contribution in [3.63, 3.8) is 0 Å². The fourth-order valence-electron chi connectivity index (χ4n) is 3.39. The number of hydrogen-bond donors (Lipinski definition) is 1. The molecule has 2 atom stereocenters. The van der Waals surface area contributed by atoms with Crippen molar-refractivity contribution in [2.75, 3.05) is 32.4 Å². The molecule has 2 rings (SSSR count). The highest BCUT2D eigenvalue weighted by atomic mass is 35.5. The number of piperidine rings is 1. The fraction of sp³-hybridized carbons (Fsp3) is 0.933. The van der Waals surface area contributed by atoms with Crippen LogP contribution in [0.25, 0.3) is 0 Å². The number of halogens is 1. The van der Waals surface area contributed by atoms with Gasteiger partial charge in [0, 0.05) is 25.7 Å². The third-order valence-electron chi connectivity index (χ3n) is 4.74. The van der Waals surface area contributed by atoms with Crippen LogP contribution in [-0.4, -0.2) is 68.0 Å². The maximum Gasteiger partial charge on any atom is 0.241 e. The Kier molecular flexibility index (Phi) is 8.27. The zero-order valence-electron chi connectivity index (χ0n) is 14.2. The van der Waals surface area contributed by atoms with Gasteiger partial charge in [-0.2, -0.15) is 4.31 Å². The van der Waals surface area contributed by atoms with E-state index in [4.69, 9.17) is 0 Å². The summed E-state index contributed by atoms with van der Waals surface area (Å²) < 4.78 is 26.4. The molecule has 2 aliphatic rings. The number of rotatable bonds is 6. The molecule has 0 spiro atoms. The van der Waals surface area contributed by atoms with Gasteiger partial charge in [-0.1, -0.05) is 13.3 Å². The number of sulfonamides is 1. The van der Waals surface area contributed by atoms with E-state index in [1.807, 2.05) is 18.9 Å². The number of unbranched alkanes of at least 4 members (excludes halogenated alkanes) is 1. The molecule has 1 amide bonds. The van der Waals surface area contributed by atoms with Crippen LogP contribution in [0.3, 0.4) is 0 Å². The average molecular weight is 368 g/mol. The van der Waals surface area contributed by atoms with Crippen LogP contribution in [-0.2, 0) is 14.8 Å². The minimum atomic E-state index is -3.30. The van der Waals surface area contributed by atoms with Crippen LogP contribution in [0.1, 0.15) is 45.4 Å². The molecule has 0 aromatic rings. The third-order valence-corrected chi connectivity index (χ3v) is 6.70. The summed E-state index contributed by atoms with van der Waals surface area (Å²) in [6.07, 6.45) is 5.00. The Hall–Kier alpha value is -0.370. The number of hydrogen-bond acceptors (Lipinski definition) is 4. The van der Waals surface area contributed by atoms with Crippen LogP contribution in [0.4, 0.5) is 0 Å². The van der Waals surface area contributed by atoms with Gasteiger partial charge in [0.15, 0.2) is 0 Å². The van der Waals surface area contributed by atoms with Gasteiger partial charge in [-0.3, -0.25) is 4.79 Å². The van der Waals surface area contributed by atoms with Gasteiger partial charge >= 0.3 is 0 Å². The Bertz CT molecular complexity index is 486. The number of carbonyl (C=O) groups is 1. The molecule has 0 aromatic heterocycles. The molecule has 8 heteroatoms. The molecule has 136 valence electrons. The summed E-state index contributed by atoms with van der Waals surface area (Å²) >= 11 is 0. The van der Waals surface area contributed by atoms with Gasteiger partial charge in [0.25, 0.3) is 0 Å². The normalized spacial score (nSPS) is 26.1. The van der Waals surface area contributed by atoms with Crippen molar-refractivity contribution in [3.8, 4) is 0 Å². The second kappa shape index (κ2) is 9.20. The van der Waals surface area contributed by atoms with Crippen molar-refractivity contribution >= 4 is 28.3 Å². The molecule has 0 aromatic carbocycles. The van der Waals surface area contributed by atoms with Crippen molar-refractivity contribution in [1.29, 1.82) is 0 Å². The second-order valence-corrected chi connectivity index (χ2v) is 8.39. The van der Waals surface area contributed by atoms with E-state index in [0.29, 0.717) is 32.0 Å². The van der Waals surface area contributed by atoms with E-state index in [1.165, 1.54) is 4.31 Å². The molecule has 1 N–H and O–H groups in total. The predicted molar refractivity (Wildman–Crippen MR) is 94.3 cm³/mol. The summed E-state index contributed by atoms with van der Waals surface area (Å²) in [5.41, 5.74) is 0. The topological polar surface area (TPSA) is 69.7 Å². The van der Waals surface area contributed by atoms with Crippen LogP contribution in [0.15, 0.2) is 0 Å². The lowest BCUT2D eigenvalue weighted by Gasteiger charge is -2.35. The Morgan fingerprint density at radius 1 is 1.22 bits per heavy atom. The van der Waals surface area contributed by atoms with Crippen molar-refractivity contribution in [2.45, 2.75) is 57.5 Å². The van der Waals surface area contributed by atoms with E-state index in [2.05, 4.69) is 5.32 Å². The molecule has 0 saturated carbocycles. The summed E-state index contributed by atoms with van der Waals surface area (Å²) in [7, 11) is -1.39. The van der Waals surface area contributed by atoms with Crippen molar-refractivity contribution in [2.24, 2.45) is 0 Å². The molecular formula is C15H30ClN3O3S. The standard InChI is InChI=1S/C15H29N3O3S.ClH/c1-3-4-11-22(20,21)18-10-6-8-14(18)15(19)17-9-5-7-13(12-17)16-2;/h13-14,16H,3-12H2,1-2H3;1H. The summed E-state index contributed by atoms with van der Waals surface area (Å²) in [5, 5.41) is 3.22. The molecule has 2 aliphatic heterocycles. The van der Waals surface area contributed by atoms with E-state index in [9.17, 15) is 13.2 Å². The highest BCUT2D eigenvalue weighted by Gasteiger charge is 2.40. The van der Waals surface area contributed by atoms with Crippen molar-refractivity contribution < 1.29 is 13.2 Å². The molecule has 6 nitrogen and oxygen atoms in total. The molecule has 0 aliphatic carbocycles. The largest absolute Gasteiger partial charge is 0.340 e. The molecule has 0 bridgehead atoms. The molecule has 0 radical (unpaired) electrons. The van der Waals surface area contributed by atoms with Gasteiger partial charge in [0.05, 0.1) is 5.75 Å². The molecule has 23 heavy (non-hydrogen) atoms. The Morgan fingerprint density at radius 2 is 1.91 bits per heavy atom. The van der Waals surface area contributed by atoms with Crippen molar-refractivity contribution in [1.82, 2.24) is 14.5 Å². The lowest BCUT2D eigenvalue weighted by atomic mass is 10.0. The molecule has 2 unspecified atom stereocenters. The van der Waals surface area contributed by atoms with E-state index < -0.39 is 16.1 Å². The van der Waals surface area contributed by atoms with Crippen LogP contribution in [0.2, 0.25) is 0 Å². The molecule has 2 heterocycles. The number of nitrogens with one attached hydrogen (secondary N) is 1. The minimum Gasteiger partial charge on any atom is -0.340 e. The second-order valence-electron chi connectivity index (χ2n) is 6.35. The first kappa shape index (κ1) is 20.7. The fourth-order valence-corrected chi connectivity index (χ4v) is 5.27. The quantitative estimate of drug-likeness (QED) is 0.766. The summed E-state index contributed by atoms with van der Waals surface area (Å²) in [6, 6.07) is -0.151. The zero-order chi connectivity index (χ0) is 16.2. The first-order valence-corrected chi connectivity index (χ1v) is 10.1. The highest BCUT2D eigenvalue weighted by Crippen LogP contribution is 2.25. The highest BCUT2D eigenvalue weighted by molar-refractivity contribution is 7.89. The summed E-state index contributed by atoms with van der Waals surface area (Å²) in [4.78, 5) is 14.6. The average Bonchev–Trinajstić information content (AvgIpc) is 3.03. The predicted octanol–water partition coefficient (Wildman–Crippen LogP) is 1.21. The van der Waals surface area contributed by atoms with E-state index >= 15 is 0 Å². The van der Waals surface area contributed by atoms with E-state index in [1.54, 1.807) is 0 Å². The van der Waals surface area contributed by atoms with Crippen LogP contribution in [0.5, 0.6) is 0 Å². The lowest BCUT2D eigenvalue weighted by molar-refractivity contribution is -0.136. The van der Waals surface area contributed by atoms with Crippen LogP contribution in [0, 0.1) is 0 Å². The number of likely N-dealkylation sites (N-methyl/N-ethyl adjacent to an activating group) is 1. The van der Waals surface area contributed by atoms with E-state index in [-0.39, 0.29) is 24.1 Å². The first-order valence-electron chi connectivity index (χ1n) is 8.45. The van der Waals surface area contributed by atoms with Gasteiger partial charge in [0.1, 0.15) is 6.04 Å². The number of likely N-dealkylation sites (tertiary alicyclic amines) is 1. The molecular weight excluding hydrogens is 338 g/mol. The van der Waals surface area contributed by atoms with E-state index in [0.717, 1.165) is 32.2 Å². The van der Waals surface area contributed by atoms with Gasteiger partial charge in [-0.05, 0) is 39.2 Å². The number of amides is 1.